The number of nitro groups is 2. The topological polar surface area (TPSA) is 303 Å². The van der Waals surface area contributed by atoms with Gasteiger partial charge in [-0.15, -0.1) is 0 Å². The minimum absolute atomic E-state index is 0.0177. The molecule has 24 nitrogen and oxygen atoms in total. The molecule has 0 saturated carbocycles. The number of nitrogens with zero attached hydrogens (tertiary/aromatic N) is 4. The molecular weight excluding hydrogens is 993 g/mol. The van der Waals surface area contributed by atoms with Crippen molar-refractivity contribution in [3.63, 3.8) is 0 Å². The molecule has 2 atom stereocenters. The van der Waals surface area contributed by atoms with Gasteiger partial charge < -0.3 is 37.9 Å². The molecule has 26 heteroatoms. The van der Waals surface area contributed by atoms with Crippen LogP contribution in [0.1, 0.15) is 95.9 Å². The van der Waals surface area contributed by atoms with E-state index in [0.29, 0.717) is 8.61 Å². The molecule has 0 amide bonds. The fraction of sp³-hybridized carbons (Fsp3) is 0.652. The summed E-state index contributed by atoms with van der Waals surface area (Å²) in [7, 11) is -9.75. The SMILES string of the molecule is CC(C)(C)OC(=O)CC(C(=O)OC(C)(C)C)N(CCOCCOCCOCCOCCN(C(CC(=O)OC(C)(C)C)C(=O)OC(C)(C)C)S(=O)(=O)c1ccccc1[N+](=O)[O-])S(=O)(=O)c1ccccc1[N+](=O)[O-]. The summed E-state index contributed by atoms with van der Waals surface area (Å²) >= 11 is 0. The largest absolute Gasteiger partial charge is 0.460 e. The van der Waals surface area contributed by atoms with Crippen LogP contribution in [-0.4, -0.2) is 160 Å². The lowest BCUT2D eigenvalue weighted by Crippen LogP contribution is -2.50. The number of ether oxygens (including phenoxy) is 8. The molecule has 0 heterocycles. The number of hydrogen-bond acceptors (Lipinski definition) is 20. The second-order valence-corrected chi connectivity index (χ2v) is 23.5. The van der Waals surface area contributed by atoms with Gasteiger partial charge in [0.1, 0.15) is 34.5 Å². The maximum Gasteiger partial charge on any atom is 0.325 e. The van der Waals surface area contributed by atoms with E-state index in [0.717, 1.165) is 24.3 Å². The highest BCUT2D eigenvalue weighted by atomic mass is 32.2. The van der Waals surface area contributed by atoms with Gasteiger partial charge in [0.05, 0.1) is 75.5 Å². The Labute approximate surface area is 421 Å². The first-order valence-corrected chi connectivity index (χ1v) is 25.7. The quantitative estimate of drug-likeness (QED) is 0.0335. The van der Waals surface area contributed by atoms with Crippen LogP contribution < -0.4 is 0 Å². The Hall–Kier alpha value is -5.22. The third kappa shape index (κ3) is 21.9. The minimum Gasteiger partial charge on any atom is -0.460 e. The van der Waals surface area contributed by atoms with Crippen LogP contribution in [-0.2, 0) is 77.1 Å². The summed E-state index contributed by atoms with van der Waals surface area (Å²) in [5, 5.41) is 23.8. The Bertz CT molecular complexity index is 2220. The third-order valence-corrected chi connectivity index (χ3v) is 12.8. The Morgan fingerprint density at radius 2 is 0.736 bits per heavy atom. The number of hydrogen-bond donors (Lipinski definition) is 0. The zero-order valence-corrected chi connectivity index (χ0v) is 44.7. The lowest BCUT2D eigenvalue weighted by Gasteiger charge is -2.32. The van der Waals surface area contributed by atoms with Crippen LogP contribution in [0.15, 0.2) is 58.3 Å². The van der Waals surface area contributed by atoms with E-state index in [1.54, 1.807) is 83.1 Å². The minimum atomic E-state index is -4.87. The number of esters is 4. The van der Waals surface area contributed by atoms with Crippen LogP contribution in [0, 0.1) is 20.2 Å². The molecule has 0 aliphatic rings. The van der Waals surface area contributed by atoms with Gasteiger partial charge in [-0.3, -0.25) is 39.4 Å². The van der Waals surface area contributed by atoms with E-state index in [1.807, 2.05) is 0 Å². The number of rotatable bonds is 29. The van der Waals surface area contributed by atoms with Gasteiger partial charge in [-0.05, 0) is 95.2 Å². The summed E-state index contributed by atoms with van der Waals surface area (Å²) in [5.41, 5.74) is -5.77. The van der Waals surface area contributed by atoms with Crippen molar-refractivity contribution >= 4 is 55.3 Å². The molecule has 0 spiro atoms. The molecule has 0 bridgehead atoms. The maximum atomic E-state index is 14.2. The number of para-hydroxylation sites is 2. The van der Waals surface area contributed by atoms with E-state index in [9.17, 15) is 56.2 Å². The zero-order valence-electron chi connectivity index (χ0n) is 43.0. The summed E-state index contributed by atoms with van der Waals surface area (Å²) in [5.74, 6) is -4.06. The highest BCUT2D eigenvalue weighted by molar-refractivity contribution is 7.89. The smallest absolute Gasteiger partial charge is 0.325 e. The summed E-state index contributed by atoms with van der Waals surface area (Å²) in [4.78, 5) is 73.9. The molecule has 406 valence electrons. The van der Waals surface area contributed by atoms with Crippen LogP contribution in [0.4, 0.5) is 11.4 Å². The average Bonchev–Trinajstić information content (AvgIpc) is 3.22. The Morgan fingerprint density at radius 3 is 1.00 bits per heavy atom. The fourth-order valence-electron chi connectivity index (χ4n) is 6.29. The second kappa shape index (κ2) is 27.2. The van der Waals surface area contributed by atoms with Gasteiger partial charge >= 0.3 is 23.9 Å². The van der Waals surface area contributed by atoms with Gasteiger partial charge in [0, 0.05) is 25.2 Å². The van der Waals surface area contributed by atoms with Crippen LogP contribution in [0.5, 0.6) is 0 Å². The van der Waals surface area contributed by atoms with E-state index in [4.69, 9.17) is 37.9 Å². The zero-order chi connectivity index (χ0) is 54.9. The van der Waals surface area contributed by atoms with Crippen molar-refractivity contribution in [2.45, 2.75) is 140 Å². The van der Waals surface area contributed by atoms with Gasteiger partial charge in [-0.1, -0.05) is 24.3 Å². The van der Waals surface area contributed by atoms with Crippen molar-refractivity contribution in [1.29, 1.82) is 0 Å². The summed E-state index contributed by atoms with van der Waals surface area (Å²) in [6, 6.07) is 5.47. The van der Waals surface area contributed by atoms with E-state index >= 15 is 0 Å². The number of carbonyl (C=O) groups is 4. The lowest BCUT2D eigenvalue weighted by molar-refractivity contribution is -0.388. The Balaban J connectivity index is 2.10. The van der Waals surface area contributed by atoms with Crippen molar-refractivity contribution in [1.82, 2.24) is 8.61 Å². The van der Waals surface area contributed by atoms with Gasteiger partial charge in [0.15, 0.2) is 9.79 Å². The highest BCUT2D eigenvalue weighted by Gasteiger charge is 2.44. The van der Waals surface area contributed by atoms with Gasteiger partial charge in [-0.2, -0.15) is 8.61 Å². The van der Waals surface area contributed by atoms with E-state index < -0.39 is 135 Å². The lowest BCUT2D eigenvalue weighted by atomic mass is 10.1. The van der Waals surface area contributed by atoms with E-state index in [2.05, 4.69) is 0 Å². The normalized spacial score (nSPS) is 13.6. The van der Waals surface area contributed by atoms with Crippen molar-refractivity contribution in [2.75, 3.05) is 65.9 Å². The number of carbonyl (C=O) groups excluding carboxylic acids is 4. The van der Waals surface area contributed by atoms with E-state index in [1.165, 1.54) is 24.3 Å². The predicted molar refractivity (Wildman–Crippen MR) is 257 cm³/mol. The molecule has 0 aromatic heterocycles. The molecule has 0 radical (unpaired) electrons. The van der Waals surface area contributed by atoms with Crippen LogP contribution in [0.25, 0.3) is 0 Å². The standard InChI is InChI=1S/C46H70N4O20S2/c1-43(2,3)67-39(51)31-35(41(53)69-45(7,8)9)47(71(59,60)37-19-15-13-17-33(37)49(55)56)21-23-63-25-27-65-29-30-66-28-26-64-24-22-48(72(61,62)38-20-16-14-18-34(38)50(57)58)36(42(54)70-46(10,11)12)32-40(52)68-44(4,5)6/h13-20,35-36H,21-32H2,1-12H3. The molecule has 0 N–H and O–H groups in total. The molecule has 0 aliphatic heterocycles. The number of benzene rings is 2. The average molecular weight is 1060 g/mol. The van der Waals surface area contributed by atoms with Gasteiger partial charge in [-0.25, -0.2) is 16.8 Å². The first-order chi connectivity index (χ1) is 33.1. The monoisotopic (exact) mass is 1060 g/mol. The molecule has 2 rings (SSSR count). The number of nitro benzene ring substituents is 2. The van der Waals surface area contributed by atoms with E-state index in [-0.39, 0.29) is 52.9 Å². The molecule has 2 aromatic carbocycles. The van der Waals surface area contributed by atoms with Crippen molar-refractivity contribution in [3.8, 4) is 0 Å². The van der Waals surface area contributed by atoms with Crippen molar-refractivity contribution in [2.24, 2.45) is 0 Å². The van der Waals surface area contributed by atoms with Crippen LogP contribution >= 0.6 is 0 Å². The summed E-state index contributed by atoms with van der Waals surface area (Å²) < 4.78 is 102. The van der Waals surface area contributed by atoms with Crippen LogP contribution in [0.2, 0.25) is 0 Å². The van der Waals surface area contributed by atoms with Crippen molar-refractivity contribution in [3.05, 3.63) is 68.8 Å². The molecule has 0 fully saturated rings. The summed E-state index contributed by atoms with van der Waals surface area (Å²) in [6.07, 6.45) is -1.57. The molecule has 0 saturated heterocycles. The first-order valence-electron chi connectivity index (χ1n) is 22.8. The van der Waals surface area contributed by atoms with Gasteiger partial charge in [0.25, 0.3) is 31.4 Å². The summed E-state index contributed by atoms with van der Waals surface area (Å²) in [6.45, 7) is 16.8. The molecule has 2 aromatic rings. The Morgan fingerprint density at radius 1 is 0.472 bits per heavy atom. The molecule has 0 aliphatic carbocycles. The van der Waals surface area contributed by atoms with Crippen LogP contribution in [0.3, 0.4) is 0 Å². The highest BCUT2D eigenvalue weighted by Crippen LogP contribution is 2.31. The fourth-order valence-corrected chi connectivity index (χ4v) is 9.73. The molecular formula is C46H70N4O20S2. The second-order valence-electron chi connectivity index (χ2n) is 19.8. The predicted octanol–water partition coefficient (Wildman–Crippen LogP) is 5.14. The third-order valence-electron chi connectivity index (χ3n) is 8.94. The van der Waals surface area contributed by atoms with Gasteiger partial charge in [0.2, 0.25) is 0 Å². The number of sulfonamides is 2. The molecule has 2 unspecified atom stereocenters. The molecule has 72 heavy (non-hydrogen) atoms. The Kier molecular flexibility index (Phi) is 23.7. The maximum absolute atomic E-state index is 14.2. The first kappa shape index (κ1) is 62.9. The van der Waals surface area contributed by atoms with Crippen molar-refractivity contribution < 1.29 is 83.8 Å².